The minimum atomic E-state index is -0.0219. The third-order valence-corrected chi connectivity index (χ3v) is 4.20. The van der Waals surface area contributed by atoms with Crippen LogP contribution in [0.15, 0.2) is 59.6 Å². The lowest BCUT2D eigenvalue weighted by molar-refractivity contribution is 0.465. The second-order valence-corrected chi connectivity index (χ2v) is 5.40. The fourth-order valence-electron chi connectivity index (χ4n) is 3.20. The molecule has 2 nitrogen and oxygen atoms in total. The number of hydrogen-bond donors (Lipinski definition) is 1. The Morgan fingerprint density at radius 2 is 1.75 bits per heavy atom. The van der Waals surface area contributed by atoms with Crippen molar-refractivity contribution < 1.29 is 0 Å². The molecule has 0 aromatic heterocycles. The molecule has 2 N–H and O–H groups in total. The van der Waals surface area contributed by atoms with Gasteiger partial charge < -0.3 is 5.73 Å². The van der Waals surface area contributed by atoms with Crippen LogP contribution >= 0.6 is 0 Å². The number of rotatable bonds is 4. The average molecular weight is 264 g/mol. The Kier molecular flexibility index (Phi) is 3.66. The first kappa shape index (κ1) is 13.1. The first-order valence-corrected chi connectivity index (χ1v) is 7.22. The summed E-state index contributed by atoms with van der Waals surface area (Å²) in [5, 5.41) is 0. The Labute approximate surface area is 120 Å². The highest BCUT2D eigenvalue weighted by molar-refractivity contribution is 5.84. The van der Waals surface area contributed by atoms with Gasteiger partial charge in [-0.15, -0.1) is 0 Å². The number of aliphatic imine (C=N–C) groups is 1. The van der Waals surface area contributed by atoms with E-state index in [2.05, 4.69) is 59.6 Å². The second-order valence-electron chi connectivity index (χ2n) is 5.40. The summed E-state index contributed by atoms with van der Waals surface area (Å²) in [6, 6.07) is 19.3. The van der Waals surface area contributed by atoms with Gasteiger partial charge in [0.15, 0.2) is 0 Å². The van der Waals surface area contributed by atoms with Gasteiger partial charge in [0, 0.05) is 11.6 Å². The molecule has 0 saturated heterocycles. The van der Waals surface area contributed by atoms with Gasteiger partial charge >= 0.3 is 0 Å². The van der Waals surface area contributed by atoms with Gasteiger partial charge in [0.2, 0.25) is 0 Å². The van der Waals surface area contributed by atoms with Crippen molar-refractivity contribution in [3.05, 3.63) is 71.3 Å². The molecule has 0 aliphatic carbocycles. The van der Waals surface area contributed by atoms with Crippen LogP contribution in [0.3, 0.4) is 0 Å². The Morgan fingerprint density at radius 1 is 1.00 bits per heavy atom. The van der Waals surface area contributed by atoms with Crippen LogP contribution in [-0.2, 0) is 5.41 Å². The Balaban J connectivity index is 2.15. The van der Waals surface area contributed by atoms with E-state index in [0.29, 0.717) is 0 Å². The molecule has 1 aliphatic rings. The molecule has 1 heterocycles. The lowest BCUT2D eigenvalue weighted by Gasteiger charge is -2.37. The normalized spacial score (nSPS) is 20.6. The molecule has 1 unspecified atom stereocenters. The van der Waals surface area contributed by atoms with Gasteiger partial charge in [0.25, 0.3) is 0 Å². The fraction of sp³-hybridized carbons (Fsp3) is 0.278. The van der Waals surface area contributed by atoms with Crippen LogP contribution in [0.4, 0.5) is 0 Å². The number of benzene rings is 2. The van der Waals surface area contributed by atoms with Crippen molar-refractivity contribution in [3.63, 3.8) is 0 Å². The molecule has 0 radical (unpaired) electrons. The SMILES string of the molecule is NCCCC1(c2ccccc2)CN=Cc2ccccc21. The zero-order valence-electron chi connectivity index (χ0n) is 11.6. The quantitative estimate of drug-likeness (QED) is 0.905. The number of nitrogens with zero attached hydrogens (tertiary/aromatic N) is 1. The highest BCUT2D eigenvalue weighted by Gasteiger charge is 2.36. The van der Waals surface area contributed by atoms with E-state index in [1.165, 1.54) is 16.7 Å². The number of hydrogen-bond acceptors (Lipinski definition) is 2. The van der Waals surface area contributed by atoms with Crippen LogP contribution in [-0.4, -0.2) is 19.3 Å². The Bertz CT molecular complexity index is 604. The fourth-order valence-corrected chi connectivity index (χ4v) is 3.20. The van der Waals surface area contributed by atoms with Crippen molar-refractivity contribution >= 4 is 6.21 Å². The van der Waals surface area contributed by atoms with Crippen LogP contribution in [0, 0.1) is 0 Å². The van der Waals surface area contributed by atoms with Crippen LogP contribution in [0.25, 0.3) is 0 Å². The van der Waals surface area contributed by atoms with Crippen molar-refractivity contribution in [1.29, 1.82) is 0 Å². The van der Waals surface area contributed by atoms with Gasteiger partial charge in [-0.05, 0) is 36.1 Å². The number of fused-ring (bicyclic) bond motifs is 1. The summed E-state index contributed by atoms with van der Waals surface area (Å²) in [5.74, 6) is 0. The summed E-state index contributed by atoms with van der Waals surface area (Å²) >= 11 is 0. The molecule has 0 bridgehead atoms. The monoisotopic (exact) mass is 264 g/mol. The highest BCUT2D eigenvalue weighted by atomic mass is 14.8. The molecule has 102 valence electrons. The van der Waals surface area contributed by atoms with Crippen molar-refractivity contribution in [2.24, 2.45) is 10.7 Å². The maximum atomic E-state index is 5.76. The van der Waals surface area contributed by atoms with Crippen LogP contribution in [0.2, 0.25) is 0 Å². The minimum Gasteiger partial charge on any atom is -0.330 e. The van der Waals surface area contributed by atoms with E-state index >= 15 is 0 Å². The molecule has 1 aliphatic heterocycles. The summed E-state index contributed by atoms with van der Waals surface area (Å²) in [6.07, 6.45) is 4.06. The Morgan fingerprint density at radius 3 is 2.55 bits per heavy atom. The molecule has 0 amide bonds. The van der Waals surface area contributed by atoms with E-state index in [1.54, 1.807) is 0 Å². The Hall–Kier alpha value is -1.93. The smallest absolute Gasteiger partial charge is 0.0527 e. The predicted molar refractivity (Wildman–Crippen MR) is 84.4 cm³/mol. The van der Waals surface area contributed by atoms with Crippen molar-refractivity contribution in [2.75, 3.05) is 13.1 Å². The van der Waals surface area contributed by atoms with E-state index in [4.69, 9.17) is 5.73 Å². The van der Waals surface area contributed by atoms with Gasteiger partial charge in [0.05, 0.1) is 6.54 Å². The zero-order chi connectivity index (χ0) is 13.8. The van der Waals surface area contributed by atoms with Gasteiger partial charge in [-0.25, -0.2) is 0 Å². The minimum absolute atomic E-state index is 0.0219. The lowest BCUT2D eigenvalue weighted by Crippen LogP contribution is -2.35. The zero-order valence-corrected chi connectivity index (χ0v) is 11.6. The molecular weight excluding hydrogens is 244 g/mol. The molecule has 0 saturated carbocycles. The standard InChI is InChI=1S/C18H20N2/c19-12-6-11-18(16-8-2-1-3-9-16)14-20-13-15-7-4-5-10-17(15)18/h1-5,7-10,13H,6,11-12,14,19H2. The molecule has 3 rings (SSSR count). The van der Waals surface area contributed by atoms with Gasteiger partial charge in [0.1, 0.15) is 0 Å². The first-order chi connectivity index (χ1) is 9.87. The average Bonchev–Trinajstić information content (AvgIpc) is 2.54. The van der Waals surface area contributed by atoms with Crippen LogP contribution in [0.1, 0.15) is 29.5 Å². The molecule has 2 aromatic carbocycles. The van der Waals surface area contributed by atoms with Crippen LogP contribution < -0.4 is 5.73 Å². The van der Waals surface area contributed by atoms with E-state index in [-0.39, 0.29) is 5.41 Å². The first-order valence-electron chi connectivity index (χ1n) is 7.22. The predicted octanol–water partition coefficient (Wildman–Crippen LogP) is 3.14. The molecule has 1 atom stereocenters. The second kappa shape index (κ2) is 5.59. The third kappa shape index (κ3) is 2.16. The van der Waals surface area contributed by atoms with Gasteiger partial charge in [-0.2, -0.15) is 0 Å². The summed E-state index contributed by atoms with van der Waals surface area (Å²) in [5.41, 5.74) is 9.71. The lowest BCUT2D eigenvalue weighted by atomic mass is 9.69. The molecule has 2 heteroatoms. The van der Waals surface area contributed by atoms with Gasteiger partial charge in [-0.1, -0.05) is 54.6 Å². The van der Waals surface area contributed by atoms with Crippen LogP contribution in [0.5, 0.6) is 0 Å². The molecular formula is C18H20N2. The summed E-state index contributed by atoms with van der Waals surface area (Å²) < 4.78 is 0. The van der Waals surface area contributed by atoms with Crippen molar-refractivity contribution in [3.8, 4) is 0 Å². The summed E-state index contributed by atoms with van der Waals surface area (Å²) in [7, 11) is 0. The van der Waals surface area contributed by atoms with Crippen molar-refractivity contribution in [1.82, 2.24) is 0 Å². The summed E-state index contributed by atoms with van der Waals surface area (Å²) in [4.78, 5) is 4.64. The number of nitrogens with two attached hydrogens (primary N) is 1. The van der Waals surface area contributed by atoms with Crippen molar-refractivity contribution in [2.45, 2.75) is 18.3 Å². The maximum Gasteiger partial charge on any atom is 0.0527 e. The topological polar surface area (TPSA) is 38.4 Å². The highest BCUT2D eigenvalue weighted by Crippen LogP contribution is 2.40. The third-order valence-electron chi connectivity index (χ3n) is 4.20. The van der Waals surface area contributed by atoms with Gasteiger partial charge in [-0.3, -0.25) is 4.99 Å². The molecule has 2 aromatic rings. The summed E-state index contributed by atoms with van der Waals surface area (Å²) in [6.45, 7) is 1.54. The maximum absolute atomic E-state index is 5.76. The molecule has 0 spiro atoms. The molecule has 0 fully saturated rings. The van der Waals surface area contributed by atoms with E-state index in [9.17, 15) is 0 Å². The molecule has 20 heavy (non-hydrogen) atoms. The largest absolute Gasteiger partial charge is 0.330 e. The van der Waals surface area contributed by atoms with E-state index < -0.39 is 0 Å². The van der Waals surface area contributed by atoms with E-state index in [1.807, 2.05) is 6.21 Å². The van der Waals surface area contributed by atoms with E-state index in [0.717, 1.165) is 25.9 Å².